The van der Waals surface area contributed by atoms with Gasteiger partial charge in [-0.2, -0.15) is 0 Å². The third kappa shape index (κ3) is 9.00. The van der Waals surface area contributed by atoms with E-state index in [0.717, 1.165) is 18.1 Å². The van der Waals surface area contributed by atoms with Crippen LogP contribution in [0.15, 0.2) is 78.9 Å². The van der Waals surface area contributed by atoms with Crippen LogP contribution >= 0.6 is 0 Å². The minimum absolute atomic E-state index is 0.309. The highest BCUT2D eigenvalue weighted by Crippen LogP contribution is 2.00. The summed E-state index contributed by atoms with van der Waals surface area (Å²) in [5.74, 6) is -1.23. The van der Waals surface area contributed by atoms with Gasteiger partial charge in [0, 0.05) is 12.2 Å². The van der Waals surface area contributed by atoms with E-state index < -0.39 is 5.97 Å². The number of carbonyl (C=O) groups excluding carboxylic acids is 1. The van der Waals surface area contributed by atoms with Crippen molar-refractivity contribution in [3.05, 3.63) is 90.0 Å². The Kier molecular flexibility index (Phi) is 9.01. The third-order valence-corrected chi connectivity index (χ3v) is 2.87. The van der Waals surface area contributed by atoms with Gasteiger partial charge in [-0.25, -0.2) is 9.59 Å². The number of hydrogen-bond donors (Lipinski definition) is 1. The molecule has 0 saturated carbocycles. The Labute approximate surface area is 141 Å². The van der Waals surface area contributed by atoms with Crippen LogP contribution in [0, 0.1) is 0 Å². The van der Waals surface area contributed by atoms with Gasteiger partial charge < -0.3 is 9.84 Å². The second-order valence-corrected chi connectivity index (χ2v) is 4.70. The van der Waals surface area contributed by atoms with E-state index in [1.165, 1.54) is 18.7 Å². The molecule has 124 valence electrons. The predicted octanol–water partition coefficient (Wildman–Crippen LogP) is 3.74. The summed E-state index contributed by atoms with van der Waals surface area (Å²) < 4.78 is 4.46. The lowest BCUT2D eigenvalue weighted by atomic mass is 10.1. The van der Waals surface area contributed by atoms with Crippen LogP contribution in [-0.4, -0.2) is 24.2 Å². The van der Waals surface area contributed by atoms with Gasteiger partial charge in [0.15, 0.2) is 0 Å². The van der Waals surface area contributed by atoms with Crippen LogP contribution in [0.25, 0.3) is 6.08 Å². The van der Waals surface area contributed by atoms with E-state index in [9.17, 15) is 9.59 Å². The average Bonchev–Trinajstić information content (AvgIpc) is 2.62. The minimum Gasteiger partial charge on any atom is -0.478 e. The second-order valence-electron chi connectivity index (χ2n) is 4.70. The Hall–Kier alpha value is -3.14. The minimum atomic E-state index is -0.922. The number of rotatable bonds is 5. The highest BCUT2D eigenvalue weighted by atomic mass is 16.5. The largest absolute Gasteiger partial charge is 0.478 e. The highest BCUT2D eigenvalue weighted by Gasteiger charge is 1.90. The molecule has 0 heterocycles. The van der Waals surface area contributed by atoms with Gasteiger partial charge >= 0.3 is 11.9 Å². The number of carboxylic acid groups (broad SMARTS) is 1. The lowest BCUT2D eigenvalue weighted by Gasteiger charge is -1.93. The molecule has 0 amide bonds. The molecule has 0 fully saturated rings. The van der Waals surface area contributed by atoms with Crippen LogP contribution in [0.3, 0.4) is 0 Å². The first-order valence-electron chi connectivity index (χ1n) is 7.36. The summed E-state index contributed by atoms with van der Waals surface area (Å²) >= 11 is 0. The van der Waals surface area contributed by atoms with E-state index in [-0.39, 0.29) is 5.97 Å². The Balaban J connectivity index is 0.000000243. The topological polar surface area (TPSA) is 63.6 Å². The SMILES string of the molecule is COC(=O)/C=C/Cc1ccccc1.O=C(O)/C=C/c1ccccc1. The quantitative estimate of drug-likeness (QED) is 0.672. The molecule has 0 atom stereocenters. The standard InChI is InChI=1S/C11H12O2.C9H8O2/c1-13-11(12)9-5-8-10-6-3-2-4-7-10;10-9(11)7-6-8-4-2-1-3-5-8/h2-7,9H,8H2,1H3;1-7H,(H,10,11)/b9-5+;7-6+. The van der Waals surface area contributed by atoms with Crippen molar-refractivity contribution in [3.8, 4) is 0 Å². The molecule has 0 aliphatic carbocycles. The summed E-state index contributed by atoms with van der Waals surface area (Å²) in [6.45, 7) is 0. The van der Waals surface area contributed by atoms with Crippen molar-refractivity contribution in [2.24, 2.45) is 0 Å². The van der Waals surface area contributed by atoms with Gasteiger partial charge in [-0.3, -0.25) is 0 Å². The smallest absolute Gasteiger partial charge is 0.330 e. The fraction of sp³-hybridized carbons (Fsp3) is 0.100. The lowest BCUT2D eigenvalue weighted by molar-refractivity contribution is -0.135. The van der Waals surface area contributed by atoms with Crippen LogP contribution < -0.4 is 0 Å². The molecule has 0 unspecified atom stereocenters. The molecule has 0 saturated heterocycles. The average molecular weight is 324 g/mol. The molecule has 24 heavy (non-hydrogen) atoms. The molecule has 0 radical (unpaired) electrons. The fourth-order valence-electron chi connectivity index (χ4n) is 1.71. The predicted molar refractivity (Wildman–Crippen MR) is 94.4 cm³/mol. The number of carboxylic acids is 1. The van der Waals surface area contributed by atoms with Crippen LogP contribution in [0.2, 0.25) is 0 Å². The van der Waals surface area contributed by atoms with Crippen molar-refractivity contribution in [2.45, 2.75) is 6.42 Å². The van der Waals surface area contributed by atoms with Gasteiger partial charge in [-0.15, -0.1) is 0 Å². The summed E-state index contributed by atoms with van der Waals surface area (Å²) in [5.41, 5.74) is 2.08. The van der Waals surface area contributed by atoms with E-state index in [4.69, 9.17) is 5.11 Å². The van der Waals surface area contributed by atoms with Crippen LogP contribution in [0.5, 0.6) is 0 Å². The van der Waals surface area contributed by atoms with Gasteiger partial charge in [0.25, 0.3) is 0 Å². The summed E-state index contributed by atoms with van der Waals surface area (Å²) in [6, 6.07) is 19.2. The Bertz CT molecular complexity index is 673. The summed E-state index contributed by atoms with van der Waals surface area (Å²) in [6.07, 6.45) is 6.67. The molecule has 0 bridgehead atoms. The van der Waals surface area contributed by atoms with E-state index in [1.54, 1.807) is 12.2 Å². The molecule has 0 aromatic heterocycles. The van der Waals surface area contributed by atoms with Crippen molar-refractivity contribution in [3.63, 3.8) is 0 Å². The lowest BCUT2D eigenvalue weighted by Crippen LogP contribution is -1.93. The zero-order valence-electron chi connectivity index (χ0n) is 13.5. The molecule has 4 nitrogen and oxygen atoms in total. The second kappa shape index (κ2) is 11.4. The van der Waals surface area contributed by atoms with E-state index in [1.807, 2.05) is 60.7 Å². The maximum Gasteiger partial charge on any atom is 0.330 e. The number of benzene rings is 2. The van der Waals surface area contributed by atoms with E-state index in [2.05, 4.69) is 4.74 Å². The molecule has 2 aromatic carbocycles. The number of hydrogen-bond acceptors (Lipinski definition) is 3. The molecule has 4 heteroatoms. The normalized spacial score (nSPS) is 10.2. The van der Waals surface area contributed by atoms with Gasteiger partial charge in [0.1, 0.15) is 0 Å². The van der Waals surface area contributed by atoms with Crippen molar-refractivity contribution < 1.29 is 19.4 Å². The molecule has 2 rings (SSSR count). The van der Waals surface area contributed by atoms with Crippen molar-refractivity contribution in [1.29, 1.82) is 0 Å². The molecule has 0 spiro atoms. The number of allylic oxidation sites excluding steroid dienone is 1. The maximum atomic E-state index is 10.7. The fourth-order valence-corrected chi connectivity index (χ4v) is 1.71. The van der Waals surface area contributed by atoms with Crippen molar-refractivity contribution >= 4 is 18.0 Å². The number of ether oxygens (including phenoxy) is 1. The number of esters is 1. The van der Waals surface area contributed by atoms with Gasteiger partial charge in [0.05, 0.1) is 7.11 Å². The molecule has 0 aliphatic heterocycles. The molecular formula is C20H20O4. The number of aliphatic carboxylic acids is 1. The summed E-state index contributed by atoms with van der Waals surface area (Å²) in [5, 5.41) is 8.29. The third-order valence-electron chi connectivity index (χ3n) is 2.87. The van der Waals surface area contributed by atoms with Gasteiger partial charge in [-0.1, -0.05) is 66.7 Å². The van der Waals surface area contributed by atoms with Gasteiger partial charge in [0.2, 0.25) is 0 Å². The Morgan fingerprint density at radius 2 is 1.54 bits per heavy atom. The van der Waals surface area contributed by atoms with Crippen LogP contribution in [0.4, 0.5) is 0 Å². The van der Waals surface area contributed by atoms with Crippen LogP contribution in [0.1, 0.15) is 11.1 Å². The molecule has 2 aromatic rings. The summed E-state index contributed by atoms with van der Waals surface area (Å²) in [7, 11) is 1.37. The molecule has 0 aliphatic rings. The first-order valence-corrected chi connectivity index (χ1v) is 7.36. The molecule has 1 N–H and O–H groups in total. The zero-order valence-corrected chi connectivity index (χ0v) is 13.5. The van der Waals surface area contributed by atoms with Crippen molar-refractivity contribution in [2.75, 3.05) is 7.11 Å². The molecular weight excluding hydrogens is 304 g/mol. The maximum absolute atomic E-state index is 10.7. The zero-order chi connectivity index (χ0) is 17.6. The number of methoxy groups -OCH3 is 1. The highest BCUT2D eigenvalue weighted by molar-refractivity contribution is 5.85. The van der Waals surface area contributed by atoms with E-state index in [0.29, 0.717) is 0 Å². The van der Waals surface area contributed by atoms with Crippen molar-refractivity contribution in [1.82, 2.24) is 0 Å². The first kappa shape index (κ1) is 18.9. The first-order chi connectivity index (χ1) is 11.6. The van der Waals surface area contributed by atoms with E-state index >= 15 is 0 Å². The monoisotopic (exact) mass is 324 g/mol. The summed E-state index contributed by atoms with van der Waals surface area (Å²) in [4.78, 5) is 20.8. The number of carbonyl (C=O) groups is 2. The van der Waals surface area contributed by atoms with Gasteiger partial charge in [-0.05, 0) is 23.6 Å². The Morgan fingerprint density at radius 1 is 0.958 bits per heavy atom. The van der Waals surface area contributed by atoms with Crippen LogP contribution in [-0.2, 0) is 20.7 Å². The Morgan fingerprint density at radius 3 is 2.08 bits per heavy atom.